The predicted molar refractivity (Wildman–Crippen MR) is 48.5 cm³/mol. The molecule has 0 saturated heterocycles. The van der Waals surface area contributed by atoms with E-state index in [0.29, 0.717) is 0 Å². The van der Waals surface area contributed by atoms with Crippen LogP contribution in [0.1, 0.15) is 39.6 Å². The number of ketones is 1. The molecule has 0 aliphatic rings. The third-order valence-corrected chi connectivity index (χ3v) is 1.98. The van der Waals surface area contributed by atoms with Gasteiger partial charge in [0.15, 0.2) is 12.1 Å². The molecule has 0 radical (unpaired) electrons. The van der Waals surface area contributed by atoms with Crippen molar-refractivity contribution in [3.05, 3.63) is 28.8 Å². The molecule has 3 nitrogen and oxygen atoms in total. The van der Waals surface area contributed by atoms with Crippen LogP contribution in [-0.2, 0) is 0 Å². The van der Waals surface area contributed by atoms with Crippen LogP contribution in [-0.4, -0.2) is 17.2 Å². The van der Waals surface area contributed by atoms with Crippen LogP contribution in [0.15, 0.2) is 12.1 Å². The molecule has 0 bridgehead atoms. The lowest BCUT2D eigenvalue weighted by atomic mass is 10.0. The normalized spacial score (nSPS) is 10.4. The van der Waals surface area contributed by atoms with Gasteiger partial charge in [-0.1, -0.05) is 6.07 Å². The number of phenolic OH excluding ortho intramolecular Hbond substituents is 1. The summed E-state index contributed by atoms with van der Waals surface area (Å²) in [4.78, 5) is 21.5. The molecular formula is C10H8F2O3. The first-order valence-electron chi connectivity index (χ1n) is 4.09. The number of aromatic hydroxyl groups is 1. The smallest absolute Gasteiger partial charge is 0.264 e. The van der Waals surface area contributed by atoms with Gasteiger partial charge in [-0.05, 0) is 13.0 Å². The standard InChI is InChI=1S/C10H8F2O3/c1-5(14)6-2-3-7(10(11)12)8(4-13)9(6)15/h2-4,10,15H,1H3. The second-order valence-corrected chi connectivity index (χ2v) is 2.94. The molecule has 0 amide bonds. The molecule has 0 heterocycles. The Balaban J connectivity index is 3.45. The average molecular weight is 214 g/mol. The maximum Gasteiger partial charge on any atom is 0.264 e. The van der Waals surface area contributed by atoms with Crippen molar-refractivity contribution in [3.63, 3.8) is 0 Å². The van der Waals surface area contributed by atoms with Gasteiger partial charge in [0.05, 0.1) is 11.1 Å². The molecule has 15 heavy (non-hydrogen) atoms. The summed E-state index contributed by atoms with van der Waals surface area (Å²) in [6.45, 7) is 1.17. The third-order valence-electron chi connectivity index (χ3n) is 1.98. The van der Waals surface area contributed by atoms with Crippen LogP contribution in [0, 0.1) is 0 Å². The zero-order valence-electron chi connectivity index (χ0n) is 7.83. The minimum atomic E-state index is -2.86. The van der Waals surface area contributed by atoms with Crippen molar-refractivity contribution >= 4 is 12.1 Å². The molecular weight excluding hydrogens is 206 g/mol. The summed E-state index contributed by atoms with van der Waals surface area (Å²) in [7, 11) is 0. The fraction of sp³-hybridized carbons (Fsp3) is 0.200. The molecule has 0 atom stereocenters. The van der Waals surface area contributed by atoms with Gasteiger partial charge in [0.25, 0.3) is 6.43 Å². The lowest BCUT2D eigenvalue weighted by Crippen LogP contribution is -2.00. The molecule has 1 N–H and O–H groups in total. The van der Waals surface area contributed by atoms with Gasteiger partial charge in [0.1, 0.15) is 5.75 Å². The fourth-order valence-electron chi connectivity index (χ4n) is 1.22. The Labute approximate surface area is 84.3 Å². The van der Waals surface area contributed by atoms with E-state index in [-0.39, 0.29) is 11.8 Å². The zero-order chi connectivity index (χ0) is 11.6. The Kier molecular flexibility index (Phi) is 3.14. The predicted octanol–water partition coefficient (Wildman–Crippen LogP) is 2.34. The van der Waals surface area contributed by atoms with Crippen LogP contribution in [0.3, 0.4) is 0 Å². The lowest BCUT2D eigenvalue weighted by molar-refractivity contribution is 0.101. The van der Waals surface area contributed by atoms with E-state index in [9.17, 15) is 23.5 Å². The quantitative estimate of drug-likeness (QED) is 0.620. The molecule has 0 aromatic heterocycles. The van der Waals surface area contributed by atoms with Crippen LogP contribution in [0.2, 0.25) is 0 Å². The number of benzene rings is 1. The fourth-order valence-corrected chi connectivity index (χ4v) is 1.22. The van der Waals surface area contributed by atoms with Gasteiger partial charge in [-0.15, -0.1) is 0 Å². The third kappa shape index (κ3) is 2.01. The van der Waals surface area contributed by atoms with E-state index in [4.69, 9.17) is 0 Å². The summed E-state index contributed by atoms with van der Waals surface area (Å²) in [6.07, 6.45) is -2.75. The van der Waals surface area contributed by atoms with Crippen molar-refractivity contribution in [2.24, 2.45) is 0 Å². The highest BCUT2D eigenvalue weighted by atomic mass is 19.3. The van der Waals surface area contributed by atoms with E-state index in [1.165, 1.54) is 6.92 Å². The average Bonchev–Trinajstić information content (AvgIpc) is 2.16. The van der Waals surface area contributed by atoms with E-state index in [2.05, 4.69) is 0 Å². The van der Waals surface area contributed by atoms with E-state index in [1.54, 1.807) is 0 Å². The van der Waals surface area contributed by atoms with Crippen molar-refractivity contribution < 1.29 is 23.5 Å². The number of hydrogen-bond acceptors (Lipinski definition) is 3. The van der Waals surface area contributed by atoms with Crippen LogP contribution in [0.5, 0.6) is 5.75 Å². The Morgan fingerprint density at radius 2 is 2.07 bits per heavy atom. The van der Waals surface area contributed by atoms with Crippen LogP contribution in [0.4, 0.5) is 8.78 Å². The number of rotatable bonds is 3. The molecule has 0 aliphatic heterocycles. The van der Waals surface area contributed by atoms with Crippen LogP contribution < -0.4 is 0 Å². The number of alkyl halides is 2. The monoisotopic (exact) mass is 214 g/mol. The molecule has 80 valence electrons. The first-order valence-corrected chi connectivity index (χ1v) is 4.09. The molecule has 1 rings (SSSR count). The summed E-state index contributed by atoms with van der Waals surface area (Å²) >= 11 is 0. The Morgan fingerprint density at radius 3 is 2.47 bits per heavy atom. The largest absolute Gasteiger partial charge is 0.506 e. The lowest BCUT2D eigenvalue weighted by Gasteiger charge is -2.08. The second-order valence-electron chi connectivity index (χ2n) is 2.94. The van der Waals surface area contributed by atoms with Gasteiger partial charge in [-0.25, -0.2) is 8.78 Å². The van der Waals surface area contributed by atoms with Gasteiger partial charge in [0.2, 0.25) is 0 Å². The van der Waals surface area contributed by atoms with Crippen molar-refractivity contribution in [1.29, 1.82) is 0 Å². The number of aldehydes is 1. The highest BCUT2D eigenvalue weighted by Crippen LogP contribution is 2.30. The highest BCUT2D eigenvalue weighted by molar-refractivity contribution is 6.00. The van der Waals surface area contributed by atoms with Crippen molar-refractivity contribution in [2.45, 2.75) is 13.3 Å². The summed E-state index contributed by atoms with van der Waals surface area (Å²) < 4.78 is 24.7. The molecule has 0 spiro atoms. The Bertz CT molecular complexity index is 413. The second kappa shape index (κ2) is 4.16. The minimum Gasteiger partial charge on any atom is -0.506 e. The molecule has 0 aliphatic carbocycles. The van der Waals surface area contributed by atoms with E-state index in [1.807, 2.05) is 0 Å². The van der Waals surface area contributed by atoms with E-state index >= 15 is 0 Å². The maximum atomic E-state index is 12.4. The van der Waals surface area contributed by atoms with Gasteiger partial charge < -0.3 is 5.11 Å². The first kappa shape index (κ1) is 11.3. The number of phenols is 1. The minimum absolute atomic E-state index is 0.114. The highest BCUT2D eigenvalue weighted by Gasteiger charge is 2.19. The van der Waals surface area contributed by atoms with Crippen molar-refractivity contribution in [1.82, 2.24) is 0 Å². The SMILES string of the molecule is CC(=O)c1ccc(C(F)F)c(C=O)c1O. The topological polar surface area (TPSA) is 54.4 Å². The van der Waals surface area contributed by atoms with Crippen molar-refractivity contribution in [3.8, 4) is 5.75 Å². The molecule has 1 aromatic carbocycles. The first-order chi connectivity index (χ1) is 6.99. The van der Waals surface area contributed by atoms with Gasteiger partial charge in [-0.2, -0.15) is 0 Å². The molecule has 0 unspecified atom stereocenters. The van der Waals surface area contributed by atoms with Crippen molar-refractivity contribution in [2.75, 3.05) is 0 Å². The Hall–Kier alpha value is -1.78. The number of halogens is 2. The summed E-state index contributed by atoms with van der Waals surface area (Å²) in [5.74, 6) is -1.17. The molecule has 0 saturated carbocycles. The molecule has 1 aromatic rings. The number of carbonyl (C=O) groups is 2. The summed E-state index contributed by atoms with van der Waals surface area (Å²) in [5.41, 5.74) is -1.24. The zero-order valence-corrected chi connectivity index (χ0v) is 7.83. The summed E-state index contributed by atoms with van der Waals surface area (Å²) in [5, 5.41) is 9.40. The van der Waals surface area contributed by atoms with Gasteiger partial charge >= 0.3 is 0 Å². The van der Waals surface area contributed by atoms with Crippen LogP contribution >= 0.6 is 0 Å². The molecule has 5 heteroatoms. The number of carbonyl (C=O) groups excluding carboxylic acids is 2. The van der Waals surface area contributed by atoms with E-state index in [0.717, 1.165) is 12.1 Å². The van der Waals surface area contributed by atoms with E-state index < -0.39 is 29.1 Å². The number of hydrogen-bond donors (Lipinski definition) is 1. The Morgan fingerprint density at radius 1 is 1.47 bits per heavy atom. The number of Topliss-reactive ketones (excluding diaryl/α,β-unsaturated/α-hetero) is 1. The molecule has 0 fully saturated rings. The van der Waals surface area contributed by atoms with Crippen LogP contribution in [0.25, 0.3) is 0 Å². The van der Waals surface area contributed by atoms with Gasteiger partial charge in [-0.3, -0.25) is 9.59 Å². The van der Waals surface area contributed by atoms with Gasteiger partial charge in [0, 0.05) is 5.56 Å². The maximum absolute atomic E-state index is 12.4. The summed E-state index contributed by atoms with van der Waals surface area (Å²) in [6, 6.07) is 2.04.